The van der Waals surface area contributed by atoms with Gasteiger partial charge in [0.1, 0.15) is 5.75 Å². The zero-order chi connectivity index (χ0) is 16.5. The average molecular weight is 340 g/mol. The van der Waals surface area contributed by atoms with Crippen molar-refractivity contribution >= 4 is 23.5 Å². The highest BCUT2D eigenvalue weighted by molar-refractivity contribution is 6.31. The third-order valence-corrected chi connectivity index (χ3v) is 2.80. The number of oxime groups is 1. The lowest BCUT2D eigenvalue weighted by molar-refractivity contribution is -0.274. The Morgan fingerprint density at radius 3 is 2.73 bits per heavy atom. The van der Waals surface area contributed by atoms with Crippen molar-refractivity contribution in [2.75, 3.05) is 0 Å². The summed E-state index contributed by atoms with van der Waals surface area (Å²) < 4.78 is 45.0. The lowest BCUT2D eigenvalue weighted by Gasteiger charge is -2.19. The van der Waals surface area contributed by atoms with Gasteiger partial charge in [0.05, 0.1) is 12.1 Å². The first-order chi connectivity index (χ1) is 10.1. The summed E-state index contributed by atoms with van der Waals surface area (Å²) in [6, 6.07) is 3.40. The van der Waals surface area contributed by atoms with Crippen molar-refractivity contribution in [3.8, 4) is 5.75 Å². The molecule has 0 aromatic heterocycles. The maximum Gasteiger partial charge on any atom is 0.573 e. The summed E-state index contributed by atoms with van der Waals surface area (Å²) in [5, 5.41) is 12.2. The van der Waals surface area contributed by atoms with E-state index >= 15 is 0 Å². The number of halogens is 4. The molecule has 10 heteroatoms. The average Bonchev–Trinajstić information content (AvgIpc) is 2.67. The van der Waals surface area contributed by atoms with Gasteiger partial charge in [0.25, 0.3) is 5.79 Å². The van der Waals surface area contributed by atoms with E-state index < -0.39 is 24.1 Å². The molecule has 1 aromatic carbocycles. The molecule has 120 valence electrons. The van der Waals surface area contributed by atoms with Gasteiger partial charge in [-0.05, 0) is 18.2 Å². The minimum Gasteiger partial charge on any atom is -0.450 e. The van der Waals surface area contributed by atoms with E-state index in [1.54, 1.807) is 0 Å². The first kappa shape index (κ1) is 16.2. The van der Waals surface area contributed by atoms with Gasteiger partial charge < -0.3 is 19.4 Å². The third kappa shape index (κ3) is 4.17. The summed E-state index contributed by atoms with van der Waals surface area (Å²) in [5.41, 5.74) is 0.378. The SMILES string of the molecule is CC1(OC(=O)O)CC(c2cc(Cl)cc(OC(F)(F)F)c2)=NO1. The van der Waals surface area contributed by atoms with Crippen LogP contribution in [0.15, 0.2) is 23.4 Å². The van der Waals surface area contributed by atoms with Gasteiger partial charge in [-0.2, -0.15) is 0 Å². The van der Waals surface area contributed by atoms with Crippen LogP contribution in [-0.2, 0) is 9.57 Å². The highest BCUT2D eigenvalue weighted by Gasteiger charge is 2.39. The molecule has 1 aromatic rings. The summed E-state index contributed by atoms with van der Waals surface area (Å²) in [6.07, 6.45) is -6.52. The molecule has 1 heterocycles. The predicted octanol–water partition coefficient (Wildman–Crippen LogP) is 3.77. The molecule has 0 radical (unpaired) electrons. The number of alkyl halides is 3. The zero-order valence-corrected chi connectivity index (χ0v) is 11.7. The van der Waals surface area contributed by atoms with Crippen LogP contribution in [0.5, 0.6) is 5.75 Å². The molecule has 0 fully saturated rings. The zero-order valence-electron chi connectivity index (χ0n) is 11.0. The van der Waals surface area contributed by atoms with E-state index in [1.165, 1.54) is 13.0 Å². The maximum atomic E-state index is 12.2. The molecule has 1 N–H and O–H groups in total. The smallest absolute Gasteiger partial charge is 0.450 e. The van der Waals surface area contributed by atoms with Crippen molar-refractivity contribution in [2.45, 2.75) is 25.5 Å². The van der Waals surface area contributed by atoms with E-state index in [0.717, 1.165) is 12.1 Å². The quantitative estimate of drug-likeness (QED) is 0.848. The predicted molar refractivity (Wildman–Crippen MR) is 67.9 cm³/mol. The van der Waals surface area contributed by atoms with Crippen LogP contribution >= 0.6 is 11.6 Å². The number of carboxylic acid groups (broad SMARTS) is 1. The first-order valence-electron chi connectivity index (χ1n) is 5.80. The lowest BCUT2D eigenvalue weighted by Crippen LogP contribution is -2.31. The molecule has 0 saturated heterocycles. The lowest BCUT2D eigenvalue weighted by atomic mass is 10.0. The van der Waals surface area contributed by atoms with Gasteiger partial charge in [-0.3, -0.25) is 0 Å². The second-order valence-electron chi connectivity index (χ2n) is 4.53. The van der Waals surface area contributed by atoms with Crippen LogP contribution < -0.4 is 4.74 Å². The molecule has 0 saturated carbocycles. The fourth-order valence-corrected chi connectivity index (χ4v) is 2.06. The molecule has 0 amide bonds. The Labute approximate surface area is 127 Å². The summed E-state index contributed by atoms with van der Waals surface area (Å²) in [7, 11) is 0. The maximum absolute atomic E-state index is 12.2. The summed E-state index contributed by atoms with van der Waals surface area (Å²) >= 11 is 5.74. The van der Waals surface area contributed by atoms with Gasteiger partial charge in [-0.15, -0.1) is 13.2 Å². The Balaban J connectivity index is 2.22. The number of ether oxygens (including phenoxy) is 2. The van der Waals surface area contributed by atoms with Crippen LogP contribution in [0.4, 0.5) is 18.0 Å². The number of carbonyl (C=O) groups is 1. The monoisotopic (exact) mass is 339 g/mol. The first-order valence-corrected chi connectivity index (χ1v) is 6.18. The molecule has 1 unspecified atom stereocenters. The molecule has 2 rings (SSSR count). The van der Waals surface area contributed by atoms with Crippen molar-refractivity contribution in [3.63, 3.8) is 0 Å². The fraction of sp³-hybridized carbons (Fsp3) is 0.333. The van der Waals surface area contributed by atoms with E-state index in [-0.39, 0.29) is 22.7 Å². The van der Waals surface area contributed by atoms with Gasteiger partial charge in [0.2, 0.25) is 0 Å². The third-order valence-electron chi connectivity index (χ3n) is 2.58. The van der Waals surface area contributed by atoms with Crippen molar-refractivity contribution in [1.29, 1.82) is 0 Å². The van der Waals surface area contributed by atoms with Crippen LogP contribution in [0.3, 0.4) is 0 Å². The van der Waals surface area contributed by atoms with Crippen molar-refractivity contribution in [2.24, 2.45) is 5.16 Å². The number of nitrogens with zero attached hydrogens (tertiary/aromatic N) is 1. The number of rotatable bonds is 3. The Hall–Kier alpha value is -2.16. The molecule has 0 spiro atoms. The Bertz CT molecular complexity index is 634. The summed E-state index contributed by atoms with van der Waals surface area (Å²) in [5.74, 6) is -2.07. The normalized spacial score (nSPS) is 21.0. The van der Waals surface area contributed by atoms with Gasteiger partial charge in [-0.25, -0.2) is 4.79 Å². The van der Waals surface area contributed by atoms with Gasteiger partial charge in [0, 0.05) is 17.5 Å². The van der Waals surface area contributed by atoms with E-state index in [2.05, 4.69) is 14.6 Å². The molecule has 6 nitrogen and oxygen atoms in total. The summed E-state index contributed by atoms with van der Waals surface area (Å²) in [6.45, 7) is 1.33. The highest BCUT2D eigenvalue weighted by atomic mass is 35.5. The Morgan fingerprint density at radius 1 is 1.45 bits per heavy atom. The molecule has 1 aliphatic rings. The molecular weight excluding hydrogens is 331 g/mol. The molecule has 1 aliphatic heterocycles. The number of benzene rings is 1. The minimum absolute atomic E-state index is 0.00722. The molecule has 1 atom stereocenters. The summed E-state index contributed by atoms with van der Waals surface area (Å²) in [4.78, 5) is 15.4. The fourth-order valence-electron chi connectivity index (χ4n) is 1.84. The Morgan fingerprint density at radius 2 is 2.14 bits per heavy atom. The molecule has 22 heavy (non-hydrogen) atoms. The number of hydrogen-bond donors (Lipinski definition) is 1. The second kappa shape index (κ2) is 5.56. The van der Waals surface area contributed by atoms with Crippen molar-refractivity contribution in [3.05, 3.63) is 28.8 Å². The number of hydrogen-bond acceptors (Lipinski definition) is 5. The van der Waals surface area contributed by atoms with Gasteiger partial charge >= 0.3 is 12.5 Å². The second-order valence-corrected chi connectivity index (χ2v) is 4.97. The van der Waals surface area contributed by atoms with Crippen LogP contribution in [0, 0.1) is 0 Å². The Kier molecular flexibility index (Phi) is 4.10. The largest absolute Gasteiger partial charge is 0.573 e. The van der Waals surface area contributed by atoms with Crippen molar-refractivity contribution < 1.29 is 37.4 Å². The van der Waals surface area contributed by atoms with Crippen LogP contribution in [0.25, 0.3) is 0 Å². The van der Waals surface area contributed by atoms with Gasteiger partial charge in [-0.1, -0.05) is 16.8 Å². The van der Waals surface area contributed by atoms with E-state index in [1.807, 2.05) is 0 Å². The molecular formula is C12H9ClF3NO5. The topological polar surface area (TPSA) is 77.4 Å². The molecule has 0 aliphatic carbocycles. The highest BCUT2D eigenvalue weighted by Crippen LogP contribution is 2.32. The van der Waals surface area contributed by atoms with E-state index in [9.17, 15) is 18.0 Å². The standard InChI is InChI=1S/C12H9ClF3NO5/c1-11(21-10(18)19)5-9(17-22-11)6-2-7(13)4-8(3-6)20-12(14,15)16/h2-4H,5H2,1H3,(H,18,19). The van der Waals surface area contributed by atoms with Crippen LogP contribution in [-0.4, -0.2) is 29.1 Å². The van der Waals surface area contributed by atoms with E-state index in [0.29, 0.717) is 0 Å². The van der Waals surface area contributed by atoms with E-state index in [4.69, 9.17) is 21.5 Å². The van der Waals surface area contributed by atoms with Crippen molar-refractivity contribution in [1.82, 2.24) is 0 Å². The van der Waals surface area contributed by atoms with Crippen LogP contribution in [0.1, 0.15) is 18.9 Å². The molecule has 0 bridgehead atoms. The van der Waals surface area contributed by atoms with Gasteiger partial charge in [0.15, 0.2) is 0 Å². The van der Waals surface area contributed by atoms with Crippen LogP contribution in [0.2, 0.25) is 5.02 Å². The minimum atomic E-state index is -4.86.